The standard InChI is InChI=1S/C18H22N2O2/c1-18(2,3)22-17(21)20-11-16(12-20)19-15-9-8-13-6-4-5-7-14(13)10-15/h4-10,16,19H,11-12H2,1-3H3. The minimum atomic E-state index is -0.437. The minimum Gasteiger partial charge on any atom is -0.444 e. The van der Waals surface area contributed by atoms with Crippen LogP contribution in [0.2, 0.25) is 0 Å². The van der Waals surface area contributed by atoms with Crippen molar-refractivity contribution in [2.24, 2.45) is 0 Å². The zero-order valence-electron chi connectivity index (χ0n) is 13.3. The molecule has 0 spiro atoms. The Balaban J connectivity index is 1.56. The smallest absolute Gasteiger partial charge is 0.410 e. The maximum absolute atomic E-state index is 11.9. The van der Waals surface area contributed by atoms with E-state index in [-0.39, 0.29) is 12.1 Å². The molecule has 0 saturated carbocycles. The van der Waals surface area contributed by atoms with E-state index in [1.807, 2.05) is 32.9 Å². The number of carbonyl (C=O) groups excluding carboxylic acids is 1. The molecule has 3 rings (SSSR count). The Hall–Kier alpha value is -2.23. The Morgan fingerprint density at radius 2 is 1.82 bits per heavy atom. The van der Waals surface area contributed by atoms with Gasteiger partial charge in [0, 0.05) is 18.8 Å². The van der Waals surface area contributed by atoms with E-state index in [9.17, 15) is 4.79 Å². The number of anilines is 1. The van der Waals surface area contributed by atoms with Crippen molar-refractivity contribution in [1.29, 1.82) is 0 Å². The van der Waals surface area contributed by atoms with Crippen molar-refractivity contribution in [3.05, 3.63) is 42.5 Å². The van der Waals surface area contributed by atoms with Gasteiger partial charge in [0.15, 0.2) is 0 Å². The summed E-state index contributed by atoms with van der Waals surface area (Å²) in [6.45, 7) is 7.02. The molecule has 1 saturated heterocycles. The zero-order chi connectivity index (χ0) is 15.7. The number of amides is 1. The second kappa shape index (κ2) is 5.52. The van der Waals surface area contributed by atoms with Crippen LogP contribution in [-0.2, 0) is 4.74 Å². The fourth-order valence-corrected chi connectivity index (χ4v) is 2.56. The Labute approximate surface area is 131 Å². The molecule has 0 bridgehead atoms. The van der Waals surface area contributed by atoms with Crippen LogP contribution in [0.4, 0.5) is 10.5 Å². The first-order chi connectivity index (χ1) is 10.4. The van der Waals surface area contributed by atoms with E-state index in [1.54, 1.807) is 4.90 Å². The summed E-state index contributed by atoms with van der Waals surface area (Å²) in [7, 11) is 0. The molecule has 2 aromatic rings. The highest BCUT2D eigenvalue weighted by Crippen LogP contribution is 2.22. The molecule has 116 valence electrons. The van der Waals surface area contributed by atoms with Crippen molar-refractivity contribution in [2.45, 2.75) is 32.4 Å². The second-order valence-electron chi connectivity index (χ2n) is 6.79. The van der Waals surface area contributed by atoms with Crippen LogP contribution >= 0.6 is 0 Å². The number of hydrogen-bond acceptors (Lipinski definition) is 3. The van der Waals surface area contributed by atoms with Crippen molar-refractivity contribution >= 4 is 22.6 Å². The van der Waals surface area contributed by atoms with E-state index in [1.165, 1.54) is 10.8 Å². The van der Waals surface area contributed by atoms with E-state index >= 15 is 0 Å². The molecule has 0 radical (unpaired) electrons. The predicted octanol–water partition coefficient (Wildman–Crippen LogP) is 3.87. The second-order valence-corrected chi connectivity index (χ2v) is 6.79. The summed E-state index contributed by atoms with van der Waals surface area (Å²) in [5.41, 5.74) is 0.654. The number of likely N-dealkylation sites (tertiary alicyclic amines) is 1. The highest BCUT2D eigenvalue weighted by molar-refractivity contribution is 5.85. The summed E-state index contributed by atoms with van der Waals surface area (Å²) in [6, 6.07) is 14.9. The van der Waals surface area contributed by atoms with Gasteiger partial charge >= 0.3 is 6.09 Å². The Morgan fingerprint density at radius 3 is 2.50 bits per heavy atom. The first-order valence-electron chi connectivity index (χ1n) is 7.64. The number of nitrogens with zero attached hydrogens (tertiary/aromatic N) is 1. The molecule has 4 nitrogen and oxygen atoms in total. The highest BCUT2D eigenvalue weighted by atomic mass is 16.6. The summed E-state index contributed by atoms with van der Waals surface area (Å²) in [5, 5.41) is 5.92. The van der Waals surface area contributed by atoms with Gasteiger partial charge in [-0.2, -0.15) is 0 Å². The average molecular weight is 298 g/mol. The Morgan fingerprint density at radius 1 is 1.14 bits per heavy atom. The molecule has 0 aromatic heterocycles. The third-order valence-corrected chi connectivity index (χ3v) is 3.65. The Kier molecular flexibility index (Phi) is 3.69. The van der Waals surface area contributed by atoms with Gasteiger partial charge in [-0.05, 0) is 43.7 Å². The normalized spacial score (nSPS) is 15.5. The van der Waals surface area contributed by atoms with Crippen LogP contribution in [0.5, 0.6) is 0 Å². The van der Waals surface area contributed by atoms with Crippen LogP contribution in [0.25, 0.3) is 10.8 Å². The van der Waals surface area contributed by atoms with Crippen LogP contribution in [0, 0.1) is 0 Å². The highest BCUT2D eigenvalue weighted by Gasteiger charge is 2.33. The fourth-order valence-electron chi connectivity index (χ4n) is 2.56. The number of fused-ring (bicyclic) bond motifs is 1. The third-order valence-electron chi connectivity index (χ3n) is 3.65. The van der Waals surface area contributed by atoms with Crippen LogP contribution < -0.4 is 5.32 Å². The number of ether oxygens (including phenoxy) is 1. The van der Waals surface area contributed by atoms with Crippen LogP contribution in [0.3, 0.4) is 0 Å². The number of nitrogens with one attached hydrogen (secondary N) is 1. The summed E-state index contributed by atoms with van der Waals surface area (Å²) in [4.78, 5) is 13.6. The monoisotopic (exact) mass is 298 g/mol. The number of hydrogen-bond donors (Lipinski definition) is 1. The van der Waals surface area contributed by atoms with Gasteiger partial charge in [0.2, 0.25) is 0 Å². The predicted molar refractivity (Wildman–Crippen MR) is 89.2 cm³/mol. The molecule has 1 amide bonds. The van der Waals surface area contributed by atoms with E-state index in [0.717, 1.165) is 5.69 Å². The van der Waals surface area contributed by atoms with E-state index in [2.05, 4.69) is 35.6 Å². The lowest BCUT2D eigenvalue weighted by Crippen LogP contribution is -2.57. The number of rotatable bonds is 2. The van der Waals surface area contributed by atoms with Gasteiger partial charge in [0.25, 0.3) is 0 Å². The van der Waals surface area contributed by atoms with Gasteiger partial charge in [-0.15, -0.1) is 0 Å². The fraction of sp³-hybridized carbons (Fsp3) is 0.389. The van der Waals surface area contributed by atoms with Crippen molar-refractivity contribution < 1.29 is 9.53 Å². The number of carbonyl (C=O) groups is 1. The van der Waals surface area contributed by atoms with Gasteiger partial charge < -0.3 is 15.0 Å². The summed E-state index contributed by atoms with van der Waals surface area (Å²) in [6.07, 6.45) is -0.232. The molecule has 0 aliphatic carbocycles. The van der Waals surface area contributed by atoms with Gasteiger partial charge in [-0.1, -0.05) is 30.3 Å². The summed E-state index contributed by atoms with van der Waals surface area (Å²) in [5.74, 6) is 0. The maximum atomic E-state index is 11.9. The van der Waals surface area contributed by atoms with Crippen molar-refractivity contribution in [3.63, 3.8) is 0 Å². The molecule has 1 N–H and O–H groups in total. The molecule has 0 atom stereocenters. The largest absolute Gasteiger partial charge is 0.444 e. The minimum absolute atomic E-state index is 0.232. The van der Waals surface area contributed by atoms with Crippen LogP contribution in [0.15, 0.2) is 42.5 Å². The first kappa shape index (κ1) is 14.7. The molecule has 1 aliphatic rings. The third kappa shape index (κ3) is 3.32. The molecule has 2 aromatic carbocycles. The summed E-state index contributed by atoms with van der Waals surface area (Å²) >= 11 is 0. The van der Waals surface area contributed by atoms with Crippen LogP contribution in [-0.4, -0.2) is 35.7 Å². The molecule has 1 heterocycles. The molecule has 0 unspecified atom stereocenters. The van der Waals surface area contributed by atoms with Gasteiger partial charge in [0.1, 0.15) is 5.60 Å². The van der Waals surface area contributed by atoms with Gasteiger partial charge in [0.05, 0.1) is 6.04 Å². The average Bonchev–Trinajstić information content (AvgIpc) is 2.40. The quantitative estimate of drug-likeness (QED) is 0.915. The van der Waals surface area contributed by atoms with E-state index < -0.39 is 5.60 Å². The SMILES string of the molecule is CC(C)(C)OC(=O)N1CC(Nc2ccc3ccccc3c2)C1. The van der Waals surface area contributed by atoms with E-state index in [4.69, 9.17) is 4.74 Å². The van der Waals surface area contributed by atoms with Gasteiger partial charge in [-0.3, -0.25) is 0 Å². The van der Waals surface area contributed by atoms with Crippen molar-refractivity contribution in [3.8, 4) is 0 Å². The lowest BCUT2D eigenvalue weighted by atomic mass is 10.1. The van der Waals surface area contributed by atoms with Gasteiger partial charge in [-0.25, -0.2) is 4.79 Å². The van der Waals surface area contributed by atoms with Crippen molar-refractivity contribution in [2.75, 3.05) is 18.4 Å². The molecular weight excluding hydrogens is 276 g/mol. The number of benzene rings is 2. The maximum Gasteiger partial charge on any atom is 0.410 e. The topological polar surface area (TPSA) is 41.6 Å². The zero-order valence-corrected chi connectivity index (χ0v) is 13.3. The first-order valence-corrected chi connectivity index (χ1v) is 7.64. The molecule has 22 heavy (non-hydrogen) atoms. The van der Waals surface area contributed by atoms with Crippen LogP contribution in [0.1, 0.15) is 20.8 Å². The lowest BCUT2D eigenvalue weighted by Gasteiger charge is -2.40. The Bertz CT molecular complexity index is 685. The molecule has 1 fully saturated rings. The molecule has 1 aliphatic heterocycles. The van der Waals surface area contributed by atoms with Crippen molar-refractivity contribution in [1.82, 2.24) is 4.90 Å². The lowest BCUT2D eigenvalue weighted by molar-refractivity contribution is 0.0105. The summed E-state index contributed by atoms with van der Waals surface area (Å²) < 4.78 is 5.36. The molecular formula is C18H22N2O2. The van der Waals surface area contributed by atoms with E-state index in [0.29, 0.717) is 13.1 Å². The molecule has 4 heteroatoms.